The minimum Gasteiger partial charge on any atom is -0.496 e. The molecule has 2 aromatic heterocycles. The van der Waals surface area contributed by atoms with Crippen molar-refractivity contribution in [1.82, 2.24) is 34.7 Å². The molecule has 5 rings (SSSR count). The fourth-order valence-electron chi connectivity index (χ4n) is 6.41. The van der Waals surface area contributed by atoms with Gasteiger partial charge in [0.05, 0.1) is 19.2 Å². The molecule has 0 bridgehead atoms. The highest BCUT2D eigenvalue weighted by Gasteiger charge is 2.32. The van der Waals surface area contributed by atoms with Gasteiger partial charge in [-0.15, -0.1) is 5.06 Å². The van der Waals surface area contributed by atoms with Gasteiger partial charge >= 0.3 is 5.97 Å². The number of piperazine rings is 1. The number of nitrogens with two attached hydrogens (primary N) is 1. The predicted molar refractivity (Wildman–Crippen MR) is 192 cm³/mol. The topological polar surface area (TPSA) is 177 Å². The summed E-state index contributed by atoms with van der Waals surface area (Å²) in [7, 11) is 1.71. The van der Waals surface area contributed by atoms with Gasteiger partial charge in [0.15, 0.2) is 5.82 Å². The Bertz CT molecular complexity index is 1650. The predicted octanol–water partition coefficient (Wildman–Crippen LogP) is 3.07. The van der Waals surface area contributed by atoms with E-state index in [0.717, 1.165) is 99.7 Å². The molecule has 1 aromatic carbocycles. The Morgan fingerprint density at radius 1 is 0.902 bits per heavy atom. The Morgan fingerprint density at radius 3 is 2.41 bits per heavy atom. The molecule has 2 fully saturated rings. The Hall–Kier alpha value is -4.76. The molecule has 0 atom stereocenters. The lowest BCUT2D eigenvalue weighted by atomic mass is 10.1. The standard InChI is InChI=1S/C36H51N9O6/c1-3-4-5-15-39-35-34-28(40-36(37)41-35)14-18-44(34)25-27-11-10-26(23-29(27)50-2)24-43-21-19-42(20-22-43)17-7-16-38-30(46)8-6-9-33(49)51-45-31(47)12-13-32(45)48/h10-11,14,18,23H,3-9,12-13,15-17,19-22,24-25H2,1-2H3,(H,38,46)(H3,37,39,40,41). The van der Waals surface area contributed by atoms with Crippen LogP contribution in [0.3, 0.4) is 0 Å². The molecule has 276 valence electrons. The summed E-state index contributed by atoms with van der Waals surface area (Å²) in [6.45, 7) is 9.73. The number of ether oxygens (including phenoxy) is 1. The number of nitrogens with zero attached hydrogens (tertiary/aromatic N) is 6. The molecule has 3 aromatic rings. The number of aromatic nitrogens is 3. The summed E-state index contributed by atoms with van der Waals surface area (Å²) < 4.78 is 7.99. The number of nitrogens with one attached hydrogen (secondary N) is 2. The van der Waals surface area contributed by atoms with Crippen molar-refractivity contribution in [3.8, 4) is 5.75 Å². The van der Waals surface area contributed by atoms with Crippen molar-refractivity contribution in [2.24, 2.45) is 0 Å². The van der Waals surface area contributed by atoms with E-state index in [2.05, 4.69) is 60.1 Å². The summed E-state index contributed by atoms with van der Waals surface area (Å²) in [5.41, 5.74) is 10.0. The van der Waals surface area contributed by atoms with Crippen LogP contribution in [0.25, 0.3) is 11.0 Å². The molecule has 15 nitrogen and oxygen atoms in total. The van der Waals surface area contributed by atoms with Crippen LogP contribution in [0.2, 0.25) is 0 Å². The van der Waals surface area contributed by atoms with Gasteiger partial charge in [-0.05, 0) is 43.5 Å². The van der Waals surface area contributed by atoms with Crippen LogP contribution < -0.4 is 21.1 Å². The molecule has 4 heterocycles. The molecule has 2 saturated heterocycles. The van der Waals surface area contributed by atoms with E-state index in [4.69, 9.17) is 15.3 Å². The van der Waals surface area contributed by atoms with Gasteiger partial charge in [0.1, 0.15) is 11.3 Å². The van der Waals surface area contributed by atoms with Crippen molar-refractivity contribution in [3.05, 3.63) is 41.6 Å². The van der Waals surface area contributed by atoms with Crippen molar-refractivity contribution < 1.29 is 28.8 Å². The number of anilines is 2. The number of carbonyl (C=O) groups excluding carboxylic acids is 4. The quantitative estimate of drug-likeness (QED) is 0.123. The lowest BCUT2D eigenvalue weighted by molar-refractivity contribution is -0.197. The van der Waals surface area contributed by atoms with Gasteiger partial charge in [-0.25, -0.2) is 9.78 Å². The highest BCUT2D eigenvalue weighted by atomic mass is 16.7. The normalized spacial score (nSPS) is 15.5. The van der Waals surface area contributed by atoms with E-state index in [0.29, 0.717) is 18.2 Å². The summed E-state index contributed by atoms with van der Waals surface area (Å²) >= 11 is 0. The van der Waals surface area contributed by atoms with Crippen molar-refractivity contribution in [3.63, 3.8) is 0 Å². The van der Waals surface area contributed by atoms with Crippen molar-refractivity contribution in [2.75, 3.05) is 64.0 Å². The number of hydrogen-bond donors (Lipinski definition) is 3. The molecule has 0 unspecified atom stereocenters. The van der Waals surface area contributed by atoms with Crippen LogP contribution in [0.4, 0.5) is 11.8 Å². The van der Waals surface area contributed by atoms with E-state index in [1.807, 2.05) is 12.3 Å². The number of unbranched alkanes of at least 4 members (excludes halogenated alkanes) is 2. The maximum atomic E-state index is 12.2. The second-order valence-corrected chi connectivity index (χ2v) is 13.1. The van der Waals surface area contributed by atoms with E-state index in [-0.39, 0.29) is 44.0 Å². The monoisotopic (exact) mass is 705 g/mol. The fraction of sp³-hybridized carbons (Fsp3) is 0.556. The minimum atomic E-state index is -0.689. The average molecular weight is 706 g/mol. The number of methoxy groups -OCH3 is 1. The van der Waals surface area contributed by atoms with Gasteiger partial charge in [0.2, 0.25) is 11.9 Å². The summed E-state index contributed by atoms with van der Waals surface area (Å²) in [4.78, 5) is 65.8. The van der Waals surface area contributed by atoms with Crippen LogP contribution in [0.5, 0.6) is 5.75 Å². The number of fused-ring (bicyclic) bond motifs is 1. The van der Waals surface area contributed by atoms with Crippen LogP contribution in [-0.2, 0) is 37.1 Å². The smallest absolute Gasteiger partial charge is 0.333 e. The largest absolute Gasteiger partial charge is 0.496 e. The molecular formula is C36H51N9O6. The molecule has 0 aliphatic carbocycles. The lowest BCUT2D eigenvalue weighted by Gasteiger charge is -2.34. The van der Waals surface area contributed by atoms with Gasteiger partial charge in [-0.2, -0.15) is 4.98 Å². The molecule has 2 aliphatic heterocycles. The molecule has 15 heteroatoms. The van der Waals surface area contributed by atoms with Crippen LogP contribution in [-0.4, -0.2) is 106 Å². The van der Waals surface area contributed by atoms with Gasteiger partial charge in [0.25, 0.3) is 11.8 Å². The molecule has 0 radical (unpaired) electrons. The van der Waals surface area contributed by atoms with E-state index in [1.165, 1.54) is 5.56 Å². The van der Waals surface area contributed by atoms with E-state index in [9.17, 15) is 19.2 Å². The molecule has 2 aliphatic rings. The molecular weight excluding hydrogens is 654 g/mol. The van der Waals surface area contributed by atoms with Crippen LogP contribution in [0.15, 0.2) is 30.5 Å². The van der Waals surface area contributed by atoms with Gasteiger partial charge < -0.3 is 35.4 Å². The van der Waals surface area contributed by atoms with Crippen molar-refractivity contribution in [2.45, 2.75) is 77.8 Å². The third-order valence-electron chi connectivity index (χ3n) is 9.22. The van der Waals surface area contributed by atoms with Crippen molar-refractivity contribution in [1.29, 1.82) is 0 Å². The van der Waals surface area contributed by atoms with Crippen LogP contribution in [0, 0.1) is 0 Å². The Labute approximate surface area is 298 Å². The molecule has 0 spiro atoms. The summed E-state index contributed by atoms with van der Waals surface area (Å²) in [6.07, 6.45) is 6.74. The number of nitrogen functional groups attached to an aromatic ring is 1. The molecule has 4 N–H and O–H groups in total. The first-order chi connectivity index (χ1) is 24.7. The number of rotatable bonds is 19. The zero-order valence-electron chi connectivity index (χ0n) is 29.8. The molecule has 51 heavy (non-hydrogen) atoms. The second kappa shape index (κ2) is 18.5. The SMILES string of the molecule is CCCCCNc1nc(N)nc2ccn(Cc3ccc(CN4CCN(CCCNC(=O)CCCC(=O)ON5C(=O)CCC5=O)CC4)cc3OC)c12. The fourth-order valence-corrected chi connectivity index (χ4v) is 6.41. The second-order valence-electron chi connectivity index (χ2n) is 13.1. The Morgan fingerprint density at radius 2 is 1.67 bits per heavy atom. The molecule has 3 amide bonds. The number of benzene rings is 1. The number of hydrogen-bond acceptors (Lipinski definition) is 12. The average Bonchev–Trinajstić information content (AvgIpc) is 3.67. The summed E-state index contributed by atoms with van der Waals surface area (Å²) in [5.74, 6) is 0.00729. The Balaban J connectivity index is 1.01. The maximum Gasteiger partial charge on any atom is 0.333 e. The number of amides is 3. The summed E-state index contributed by atoms with van der Waals surface area (Å²) in [6, 6.07) is 8.42. The first-order valence-electron chi connectivity index (χ1n) is 18.0. The van der Waals surface area contributed by atoms with Gasteiger partial charge in [-0.3, -0.25) is 19.3 Å². The number of carbonyl (C=O) groups is 4. The minimum absolute atomic E-state index is 0.0407. The van der Waals surface area contributed by atoms with Crippen molar-refractivity contribution >= 4 is 46.5 Å². The highest BCUT2D eigenvalue weighted by molar-refractivity contribution is 6.01. The van der Waals surface area contributed by atoms with Crippen LogP contribution in [0.1, 0.15) is 75.8 Å². The number of imide groups is 1. The Kier molecular flexibility index (Phi) is 13.6. The summed E-state index contributed by atoms with van der Waals surface area (Å²) in [5, 5.41) is 6.90. The van der Waals surface area contributed by atoms with E-state index < -0.39 is 17.8 Å². The molecule has 0 saturated carbocycles. The van der Waals surface area contributed by atoms with Gasteiger partial charge in [0, 0.05) is 83.3 Å². The zero-order chi connectivity index (χ0) is 36.2. The zero-order valence-corrected chi connectivity index (χ0v) is 29.8. The first kappa shape index (κ1) is 37.5. The number of hydroxylamine groups is 2. The highest BCUT2D eigenvalue weighted by Crippen LogP contribution is 2.27. The third kappa shape index (κ3) is 10.6. The van der Waals surface area contributed by atoms with E-state index >= 15 is 0 Å². The van der Waals surface area contributed by atoms with Crippen LogP contribution >= 0.6 is 0 Å². The van der Waals surface area contributed by atoms with Gasteiger partial charge in [-0.1, -0.05) is 31.9 Å². The third-order valence-corrected chi connectivity index (χ3v) is 9.22. The first-order valence-corrected chi connectivity index (χ1v) is 18.0. The lowest BCUT2D eigenvalue weighted by Crippen LogP contribution is -2.46. The maximum absolute atomic E-state index is 12.2. The van der Waals surface area contributed by atoms with E-state index in [1.54, 1.807) is 7.11 Å².